The molecule has 8 heteroatoms. The highest BCUT2D eigenvalue weighted by molar-refractivity contribution is 6.31. The van der Waals surface area contributed by atoms with Gasteiger partial charge in [0.1, 0.15) is 29.3 Å². The highest BCUT2D eigenvalue weighted by Gasteiger charge is 2.24. The lowest BCUT2D eigenvalue weighted by Crippen LogP contribution is -2.32. The van der Waals surface area contributed by atoms with Crippen molar-refractivity contribution in [2.24, 2.45) is 0 Å². The quantitative estimate of drug-likeness (QED) is 0.505. The van der Waals surface area contributed by atoms with Crippen molar-refractivity contribution in [3.05, 3.63) is 40.4 Å². The van der Waals surface area contributed by atoms with Crippen molar-refractivity contribution in [2.45, 2.75) is 38.1 Å². The predicted molar refractivity (Wildman–Crippen MR) is 93.9 cm³/mol. The second-order valence-electron chi connectivity index (χ2n) is 5.99. The molecule has 4 N–H and O–H groups in total. The number of benzene rings is 1. The first kappa shape index (κ1) is 20.0. The van der Waals surface area contributed by atoms with E-state index in [-0.39, 0.29) is 34.8 Å². The number of hydrogen-bond acceptors (Lipinski definition) is 7. The number of phenolic OH excluding ortho intramolecular Hbond substituents is 2. The molecule has 1 heterocycles. The van der Waals surface area contributed by atoms with Gasteiger partial charge in [-0.25, -0.2) is 4.79 Å². The van der Waals surface area contributed by atoms with Gasteiger partial charge in [0.2, 0.25) is 0 Å². The van der Waals surface area contributed by atoms with Gasteiger partial charge in [-0.1, -0.05) is 23.8 Å². The molecule has 0 saturated carbocycles. The number of aromatic hydroxyl groups is 2. The van der Waals surface area contributed by atoms with Crippen molar-refractivity contribution in [1.82, 2.24) is 0 Å². The topological polar surface area (TPSA) is 124 Å². The van der Waals surface area contributed by atoms with Crippen LogP contribution in [-0.4, -0.2) is 50.5 Å². The third-order valence-electron chi connectivity index (χ3n) is 3.76. The lowest BCUT2D eigenvalue weighted by atomic mass is 10.0. The number of aliphatic hydroxyl groups is 2. The molecule has 3 atom stereocenters. The minimum atomic E-state index is -1.66. The van der Waals surface area contributed by atoms with Gasteiger partial charge in [0, 0.05) is 17.5 Å². The third kappa shape index (κ3) is 4.85. The van der Waals surface area contributed by atoms with E-state index < -0.39 is 35.8 Å². The van der Waals surface area contributed by atoms with Crippen LogP contribution in [0, 0.1) is 0 Å². The summed E-state index contributed by atoms with van der Waals surface area (Å²) in [5.41, 5.74) is 0.000547. The Hall–Kier alpha value is -2.35. The molecule has 26 heavy (non-hydrogen) atoms. The molecule has 2 rings (SSSR count). The molecule has 1 aliphatic heterocycles. The molecule has 0 aliphatic carbocycles. The van der Waals surface area contributed by atoms with Crippen LogP contribution in [0.4, 0.5) is 0 Å². The molecule has 0 saturated heterocycles. The molecule has 0 amide bonds. The van der Waals surface area contributed by atoms with Gasteiger partial charge >= 0.3 is 5.97 Å². The van der Waals surface area contributed by atoms with Crippen LogP contribution in [0.3, 0.4) is 0 Å². The fourth-order valence-electron chi connectivity index (χ4n) is 2.50. The average molecular weight is 383 g/mol. The van der Waals surface area contributed by atoms with Crippen LogP contribution < -0.4 is 0 Å². The molecule has 0 spiro atoms. The Balaban J connectivity index is 2.47. The van der Waals surface area contributed by atoms with E-state index >= 15 is 0 Å². The van der Waals surface area contributed by atoms with E-state index in [1.54, 1.807) is 6.92 Å². The molecule has 0 fully saturated rings. The molecular weight excluding hydrogens is 364 g/mol. The first-order valence-electron chi connectivity index (χ1n) is 7.88. The molecule has 1 aromatic carbocycles. The van der Waals surface area contributed by atoms with Crippen LogP contribution in [0.5, 0.6) is 11.5 Å². The Kier molecular flexibility index (Phi) is 6.42. The van der Waals surface area contributed by atoms with Gasteiger partial charge in [-0.05, 0) is 31.1 Å². The summed E-state index contributed by atoms with van der Waals surface area (Å²) in [4.78, 5) is 24.3. The van der Waals surface area contributed by atoms with E-state index in [1.165, 1.54) is 18.2 Å². The summed E-state index contributed by atoms with van der Waals surface area (Å²) >= 11 is 5.95. The molecule has 0 aromatic heterocycles. The van der Waals surface area contributed by atoms with Gasteiger partial charge in [-0.15, -0.1) is 0 Å². The Morgan fingerprint density at radius 3 is 2.58 bits per heavy atom. The van der Waals surface area contributed by atoms with E-state index in [4.69, 9.17) is 16.3 Å². The molecule has 140 valence electrons. The highest BCUT2D eigenvalue weighted by Crippen LogP contribution is 2.30. The number of esters is 1. The number of fused-ring (bicyclic) bond motifs is 1. The minimum absolute atomic E-state index is 0.00582. The summed E-state index contributed by atoms with van der Waals surface area (Å²) in [6.07, 6.45) is -0.131. The van der Waals surface area contributed by atoms with E-state index in [9.17, 15) is 30.0 Å². The second kappa shape index (κ2) is 8.35. The van der Waals surface area contributed by atoms with Gasteiger partial charge in [0.05, 0.1) is 6.10 Å². The van der Waals surface area contributed by atoms with Crippen LogP contribution in [0.25, 0.3) is 6.08 Å². The summed E-state index contributed by atoms with van der Waals surface area (Å²) < 4.78 is 5.23. The second-order valence-corrected chi connectivity index (χ2v) is 6.48. The number of ether oxygens (including phenoxy) is 1. The summed E-state index contributed by atoms with van der Waals surface area (Å²) in [7, 11) is 0. The van der Waals surface area contributed by atoms with E-state index in [0.29, 0.717) is 0 Å². The Morgan fingerprint density at radius 2 is 1.88 bits per heavy atom. The standard InChI is InChI=1S/C18H19ClO7/c1-9-5-11(19)7-15(23)17(24)13(21)4-2-3-10-6-12(20)8-14(22)16(10)18(25)26-9/h2-3,6-9,13,17,20-22,24H,4-5H2,1H3/b3-2+,11-7+/t9-,13-,17-/m0/s1. The Morgan fingerprint density at radius 1 is 1.19 bits per heavy atom. The number of carbonyl (C=O) groups is 2. The number of hydrogen-bond donors (Lipinski definition) is 4. The fourth-order valence-corrected chi connectivity index (χ4v) is 2.82. The zero-order chi connectivity index (χ0) is 19.4. The Bertz CT molecular complexity index is 769. The molecule has 1 aliphatic rings. The number of carbonyl (C=O) groups excluding carboxylic acids is 2. The van der Waals surface area contributed by atoms with Crippen LogP contribution in [-0.2, 0) is 9.53 Å². The molecule has 1 aromatic rings. The fraction of sp³-hybridized carbons (Fsp3) is 0.333. The van der Waals surface area contributed by atoms with Crippen LogP contribution in [0.2, 0.25) is 0 Å². The van der Waals surface area contributed by atoms with Crippen molar-refractivity contribution >= 4 is 29.4 Å². The number of aliphatic hydroxyl groups excluding tert-OH is 2. The maximum atomic E-state index is 12.4. The van der Waals surface area contributed by atoms with Gasteiger partial charge in [0.25, 0.3) is 0 Å². The van der Waals surface area contributed by atoms with E-state index in [1.807, 2.05) is 0 Å². The lowest BCUT2D eigenvalue weighted by molar-refractivity contribution is -0.127. The van der Waals surface area contributed by atoms with Crippen LogP contribution in [0.15, 0.2) is 29.3 Å². The first-order chi connectivity index (χ1) is 12.2. The molecule has 0 unspecified atom stereocenters. The highest BCUT2D eigenvalue weighted by atomic mass is 35.5. The summed E-state index contributed by atoms with van der Waals surface area (Å²) in [5.74, 6) is -2.33. The zero-order valence-corrected chi connectivity index (χ0v) is 14.7. The number of rotatable bonds is 0. The van der Waals surface area contributed by atoms with Crippen molar-refractivity contribution in [2.75, 3.05) is 0 Å². The van der Waals surface area contributed by atoms with Crippen molar-refractivity contribution in [3.8, 4) is 11.5 Å². The maximum Gasteiger partial charge on any atom is 0.342 e. The first-order valence-corrected chi connectivity index (χ1v) is 8.26. The minimum Gasteiger partial charge on any atom is -0.508 e. The number of ketones is 1. The smallest absolute Gasteiger partial charge is 0.342 e. The van der Waals surface area contributed by atoms with Crippen molar-refractivity contribution in [3.63, 3.8) is 0 Å². The van der Waals surface area contributed by atoms with Gasteiger partial charge in [0.15, 0.2) is 5.78 Å². The maximum absolute atomic E-state index is 12.4. The van der Waals surface area contributed by atoms with Crippen LogP contribution in [0.1, 0.15) is 35.7 Å². The van der Waals surface area contributed by atoms with Crippen molar-refractivity contribution in [1.29, 1.82) is 0 Å². The lowest BCUT2D eigenvalue weighted by Gasteiger charge is -2.17. The predicted octanol–water partition coefficient (Wildman–Crippen LogP) is 1.86. The normalized spacial score (nSPS) is 28.3. The molecule has 0 bridgehead atoms. The SMILES string of the molecule is C[C@H]1C/C(Cl)=C\C(=O)[C@@H](O)[C@@H](O)C/C=C/c2cc(O)cc(O)c2C(=O)O1. The van der Waals surface area contributed by atoms with Crippen LogP contribution >= 0.6 is 11.6 Å². The molecule has 0 radical (unpaired) electrons. The summed E-state index contributed by atoms with van der Waals surface area (Å²) in [5, 5.41) is 39.5. The zero-order valence-electron chi connectivity index (χ0n) is 13.9. The number of halogens is 1. The molecular formula is C18H19ClO7. The van der Waals surface area contributed by atoms with E-state index in [0.717, 1.165) is 12.1 Å². The summed E-state index contributed by atoms with van der Waals surface area (Å²) in [6, 6.07) is 2.25. The van der Waals surface area contributed by atoms with E-state index in [2.05, 4.69) is 0 Å². The van der Waals surface area contributed by atoms with Gasteiger partial charge in [-0.3, -0.25) is 4.79 Å². The van der Waals surface area contributed by atoms with Gasteiger partial charge in [-0.2, -0.15) is 0 Å². The average Bonchev–Trinajstić information content (AvgIpc) is 2.51. The largest absolute Gasteiger partial charge is 0.508 e. The monoisotopic (exact) mass is 382 g/mol. The number of cyclic esters (lactones) is 1. The number of phenols is 2. The third-order valence-corrected chi connectivity index (χ3v) is 4.02. The Labute approximate surface area is 154 Å². The van der Waals surface area contributed by atoms with Gasteiger partial charge < -0.3 is 25.2 Å². The molecule has 7 nitrogen and oxygen atoms in total. The summed E-state index contributed by atoms with van der Waals surface area (Å²) in [6.45, 7) is 1.54. The van der Waals surface area contributed by atoms with Crippen molar-refractivity contribution < 1.29 is 34.8 Å².